The first-order valence-corrected chi connectivity index (χ1v) is 4.64. The van der Waals surface area contributed by atoms with Gasteiger partial charge in [-0.2, -0.15) is 0 Å². The molecule has 0 bridgehead atoms. The third-order valence-electron chi connectivity index (χ3n) is 1.80. The molecule has 2 N–H and O–H groups in total. The molecule has 0 fully saturated rings. The van der Waals surface area contributed by atoms with E-state index in [-0.39, 0.29) is 6.10 Å². The van der Waals surface area contributed by atoms with Crippen LogP contribution >= 0.6 is 0 Å². The van der Waals surface area contributed by atoms with Gasteiger partial charge in [0.15, 0.2) is 0 Å². The van der Waals surface area contributed by atoms with Crippen molar-refractivity contribution >= 4 is 0 Å². The molecule has 0 radical (unpaired) electrons. The predicted octanol–water partition coefficient (Wildman–Crippen LogP) is -0.755. The van der Waals surface area contributed by atoms with Crippen molar-refractivity contribution in [2.24, 2.45) is 0 Å². The maximum Gasteiger partial charge on any atom is 0.0928 e. The molecule has 0 aromatic heterocycles. The van der Waals surface area contributed by atoms with Crippen LogP contribution in [0.4, 0.5) is 0 Å². The minimum atomic E-state index is -0.472. The number of rotatable bonds is 9. The van der Waals surface area contributed by atoms with Crippen LogP contribution in [0, 0.1) is 0 Å². The molecule has 0 spiro atoms. The van der Waals surface area contributed by atoms with Crippen LogP contribution < -0.4 is 5.32 Å². The Bertz CT molecular complexity index is 123. The van der Waals surface area contributed by atoms with E-state index < -0.39 is 6.10 Å². The summed E-state index contributed by atoms with van der Waals surface area (Å²) in [6.07, 6.45) is -0.449. The van der Waals surface area contributed by atoms with Gasteiger partial charge in [-0.05, 0) is 0 Å². The zero-order valence-electron chi connectivity index (χ0n) is 9.16. The molecule has 0 aliphatic carbocycles. The quantitative estimate of drug-likeness (QED) is 0.521. The van der Waals surface area contributed by atoms with Gasteiger partial charge < -0.3 is 24.6 Å². The SMILES string of the molecule is COCC(O)CNCC(COC)OC. The van der Waals surface area contributed by atoms with E-state index >= 15 is 0 Å². The molecule has 0 aliphatic heterocycles. The van der Waals surface area contributed by atoms with Crippen molar-refractivity contribution in [3.8, 4) is 0 Å². The highest BCUT2D eigenvalue weighted by atomic mass is 16.5. The first-order chi connectivity index (χ1) is 6.74. The summed E-state index contributed by atoms with van der Waals surface area (Å²) in [6.45, 7) is 2.04. The summed E-state index contributed by atoms with van der Waals surface area (Å²) in [6, 6.07) is 0. The number of aliphatic hydroxyl groups excluding tert-OH is 1. The highest BCUT2D eigenvalue weighted by Gasteiger charge is 2.07. The van der Waals surface area contributed by atoms with Crippen LogP contribution in [0.2, 0.25) is 0 Å². The molecule has 0 saturated heterocycles. The van der Waals surface area contributed by atoms with E-state index in [4.69, 9.17) is 14.2 Å². The fourth-order valence-electron chi connectivity index (χ4n) is 1.06. The van der Waals surface area contributed by atoms with E-state index in [9.17, 15) is 5.11 Å². The number of hydrogen-bond acceptors (Lipinski definition) is 5. The Morgan fingerprint density at radius 2 is 1.71 bits per heavy atom. The fourth-order valence-corrected chi connectivity index (χ4v) is 1.06. The molecule has 0 saturated carbocycles. The number of nitrogens with one attached hydrogen (secondary N) is 1. The van der Waals surface area contributed by atoms with Gasteiger partial charge in [0.25, 0.3) is 0 Å². The summed E-state index contributed by atoms with van der Waals surface area (Å²) in [7, 11) is 4.83. The monoisotopic (exact) mass is 207 g/mol. The van der Waals surface area contributed by atoms with E-state index in [0.29, 0.717) is 26.3 Å². The van der Waals surface area contributed by atoms with Gasteiger partial charge in [-0.15, -0.1) is 0 Å². The van der Waals surface area contributed by atoms with Gasteiger partial charge in [-0.25, -0.2) is 0 Å². The summed E-state index contributed by atoms with van der Waals surface area (Å²) >= 11 is 0. The number of aliphatic hydroxyl groups is 1. The van der Waals surface area contributed by atoms with Crippen molar-refractivity contribution in [2.45, 2.75) is 12.2 Å². The van der Waals surface area contributed by atoms with Crippen LogP contribution in [-0.4, -0.2) is 64.9 Å². The standard InChI is InChI=1S/C9H21NO4/c1-12-6-8(11)4-10-5-9(14-3)7-13-2/h8-11H,4-7H2,1-3H3. The molecule has 0 heterocycles. The maximum absolute atomic E-state index is 9.31. The largest absolute Gasteiger partial charge is 0.389 e. The second-order valence-corrected chi connectivity index (χ2v) is 3.08. The van der Waals surface area contributed by atoms with Crippen molar-refractivity contribution in [1.29, 1.82) is 0 Å². The average Bonchev–Trinajstić information content (AvgIpc) is 2.17. The molecule has 86 valence electrons. The van der Waals surface area contributed by atoms with Gasteiger partial charge in [-0.3, -0.25) is 0 Å². The molecule has 0 aromatic rings. The van der Waals surface area contributed by atoms with Crippen LogP contribution in [0.15, 0.2) is 0 Å². The van der Waals surface area contributed by atoms with Gasteiger partial charge in [0.1, 0.15) is 0 Å². The summed E-state index contributed by atoms with van der Waals surface area (Å²) < 4.78 is 14.9. The first kappa shape index (κ1) is 13.8. The average molecular weight is 207 g/mol. The van der Waals surface area contributed by atoms with E-state index in [1.807, 2.05) is 0 Å². The van der Waals surface area contributed by atoms with Gasteiger partial charge in [0.2, 0.25) is 0 Å². The molecular formula is C9H21NO4. The normalized spacial score (nSPS) is 15.4. The summed E-state index contributed by atoms with van der Waals surface area (Å²) in [4.78, 5) is 0. The highest BCUT2D eigenvalue weighted by molar-refractivity contribution is 4.63. The van der Waals surface area contributed by atoms with E-state index in [2.05, 4.69) is 5.32 Å². The Morgan fingerprint density at radius 1 is 1.07 bits per heavy atom. The Morgan fingerprint density at radius 3 is 2.21 bits per heavy atom. The topological polar surface area (TPSA) is 60.0 Å². The van der Waals surface area contributed by atoms with Crippen LogP contribution in [0.3, 0.4) is 0 Å². The smallest absolute Gasteiger partial charge is 0.0928 e. The molecule has 0 amide bonds. The van der Waals surface area contributed by atoms with Crippen molar-refractivity contribution in [3.05, 3.63) is 0 Å². The predicted molar refractivity (Wildman–Crippen MR) is 53.4 cm³/mol. The third kappa shape index (κ3) is 7.23. The molecule has 5 heteroatoms. The second-order valence-electron chi connectivity index (χ2n) is 3.08. The lowest BCUT2D eigenvalue weighted by Crippen LogP contribution is -2.37. The van der Waals surface area contributed by atoms with Crippen molar-refractivity contribution in [2.75, 3.05) is 47.6 Å². The lowest BCUT2D eigenvalue weighted by atomic mass is 10.3. The van der Waals surface area contributed by atoms with Crippen molar-refractivity contribution in [3.63, 3.8) is 0 Å². The Hall–Kier alpha value is -0.200. The molecule has 14 heavy (non-hydrogen) atoms. The number of hydrogen-bond donors (Lipinski definition) is 2. The number of methoxy groups -OCH3 is 3. The molecule has 0 rings (SSSR count). The van der Waals surface area contributed by atoms with Gasteiger partial charge >= 0.3 is 0 Å². The van der Waals surface area contributed by atoms with Crippen molar-refractivity contribution in [1.82, 2.24) is 5.32 Å². The molecule has 0 aliphatic rings. The van der Waals surface area contributed by atoms with Crippen LogP contribution in [-0.2, 0) is 14.2 Å². The zero-order valence-corrected chi connectivity index (χ0v) is 9.16. The lowest BCUT2D eigenvalue weighted by molar-refractivity contribution is 0.0232. The van der Waals surface area contributed by atoms with E-state index in [1.54, 1.807) is 21.3 Å². The Labute approximate surface area is 85.3 Å². The van der Waals surface area contributed by atoms with Crippen molar-refractivity contribution < 1.29 is 19.3 Å². The van der Waals surface area contributed by atoms with Gasteiger partial charge in [0, 0.05) is 34.4 Å². The molecule has 2 unspecified atom stereocenters. The Balaban J connectivity index is 3.40. The molecule has 2 atom stereocenters. The second kappa shape index (κ2) is 9.36. The first-order valence-electron chi connectivity index (χ1n) is 4.64. The molecule has 0 aromatic carbocycles. The number of ether oxygens (including phenoxy) is 3. The fraction of sp³-hybridized carbons (Fsp3) is 1.00. The minimum absolute atomic E-state index is 0.0229. The highest BCUT2D eigenvalue weighted by Crippen LogP contribution is 1.89. The van der Waals surface area contributed by atoms with Crippen LogP contribution in [0.5, 0.6) is 0 Å². The zero-order chi connectivity index (χ0) is 10.8. The van der Waals surface area contributed by atoms with Gasteiger partial charge in [0.05, 0.1) is 25.4 Å². The van der Waals surface area contributed by atoms with E-state index in [0.717, 1.165) is 0 Å². The Kier molecular flexibility index (Phi) is 9.23. The summed E-state index contributed by atoms with van der Waals surface area (Å²) in [5.41, 5.74) is 0. The summed E-state index contributed by atoms with van der Waals surface area (Å²) in [5, 5.41) is 12.4. The van der Waals surface area contributed by atoms with Crippen LogP contribution in [0.1, 0.15) is 0 Å². The summed E-state index contributed by atoms with van der Waals surface area (Å²) in [5.74, 6) is 0. The minimum Gasteiger partial charge on any atom is -0.389 e. The third-order valence-corrected chi connectivity index (χ3v) is 1.80. The lowest BCUT2D eigenvalue weighted by Gasteiger charge is -2.16. The maximum atomic E-state index is 9.31. The van der Waals surface area contributed by atoms with Gasteiger partial charge in [-0.1, -0.05) is 0 Å². The van der Waals surface area contributed by atoms with Crippen LogP contribution in [0.25, 0.3) is 0 Å². The molecule has 5 nitrogen and oxygen atoms in total. The molecular weight excluding hydrogens is 186 g/mol. The van der Waals surface area contributed by atoms with E-state index in [1.165, 1.54) is 0 Å².